The number of Topliss-reactive ketones (excluding diaryl/α,β-unsaturated/α-hetero) is 1. The van der Waals surface area contributed by atoms with Crippen molar-refractivity contribution in [1.82, 2.24) is 9.97 Å². The standard InChI is InChI=1S/C22H16N2O2S/c25-20(14-15-8-9-18-16(13-15)10-12-23-21(18)26)19-7-4-11-24-22(19)27-17-5-2-1-3-6-17/h1-13H,14H2,(H,23,26). The number of aromatic amines is 1. The molecule has 2 aromatic heterocycles. The van der Waals surface area contributed by atoms with Crippen molar-refractivity contribution >= 4 is 28.3 Å². The average molecular weight is 372 g/mol. The number of benzene rings is 2. The zero-order valence-electron chi connectivity index (χ0n) is 14.4. The molecular formula is C22H16N2O2S. The van der Waals surface area contributed by atoms with Crippen LogP contribution in [0.5, 0.6) is 0 Å². The van der Waals surface area contributed by atoms with Crippen molar-refractivity contribution < 1.29 is 4.79 Å². The molecule has 0 spiro atoms. The van der Waals surface area contributed by atoms with E-state index in [1.165, 1.54) is 11.8 Å². The van der Waals surface area contributed by atoms with Gasteiger partial charge in [0.1, 0.15) is 5.03 Å². The lowest BCUT2D eigenvalue weighted by Gasteiger charge is -2.08. The first kappa shape index (κ1) is 17.2. The highest BCUT2D eigenvalue weighted by Gasteiger charge is 2.14. The summed E-state index contributed by atoms with van der Waals surface area (Å²) in [5, 5.41) is 2.15. The van der Waals surface area contributed by atoms with Crippen LogP contribution in [0.25, 0.3) is 10.8 Å². The van der Waals surface area contributed by atoms with Gasteiger partial charge in [0.05, 0.1) is 5.56 Å². The van der Waals surface area contributed by atoms with Crippen LogP contribution in [0, 0.1) is 0 Å². The number of nitrogens with zero attached hydrogens (tertiary/aromatic N) is 1. The topological polar surface area (TPSA) is 62.8 Å². The molecule has 0 aliphatic carbocycles. The third-order valence-corrected chi connectivity index (χ3v) is 5.26. The lowest BCUT2D eigenvalue weighted by Crippen LogP contribution is -2.08. The number of aromatic nitrogens is 2. The van der Waals surface area contributed by atoms with Crippen LogP contribution >= 0.6 is 11.8 Å². The zero-order chi connectivity index (χ0) is 18.6. The molecule has 4 aromatic rings. The highest BCUT2D eigenvalue weighted by molar-refractivity contribution is 7.99. The lowest BCUT2D eigenvalue weighted by molar-refractivity contribution is 0.0989. The minimum atomic E-state index is -0.126. The number of carbonyl (C=O) groups is 1. The first-order chi connectivity index (χ1) is 13.2. The summed E-state index contributed by atoms with van der Waals surface area (Å²) < 4.78 is 0. The molecule has 0 radical (unpaired) electrons. The van der Waals surface area contributed by atoms with Gasteiger partial charge in [0.2, 0.25) is 0 Å². The number of pyridine rings is 2. The second-order valence-electron chi connectivity index (χ2n) is 6.10. The van der Waals surface area contributed by atoms with Crippen LogP contribution in [-0.2, 0) is 6.42 Å². The van der Waals surface area contributed by atoms with Gasteiger partial charge in [-0.05, 0) is 47.3 Å². The lowest BCUT2D eigenvalue weighted by atomic mass is 10.0. The van der Waals surface area contributed by atoms with E-state index in [9.17, 15) is 9.59 Å². The number of H-pyrrole nitrogens is 1. The van der Waals surface area contributed by atoms with Crippen LogP contribution in [0.3, 0.4) is 0 Å². The molecule has 2 heterocycles. The molecule has 4 nitrogen and oxygen atoms in total. The number of ketones is 1. The molecule has 0 aliphatic heterocycles. The van der Waals surface area contributed by atoms with Crippen molar-refractivity contribution in [2.45, 2.75) is 16.3 Å². The molecule has 0 aliphatic rings. The van der Waals surface area contributed by atoms with Gasteiger partial charge in [0, 0.05) is 29.1 Å². The van der Waals surface area contributed by atoms with E-state index in [1.807, 2.05) is 54.6 Å². The van der Waals surface area contributed by atoms with Gasteiger partial charge in [-0.25, -0.2) is 4.98 Å². The number of fused-ring (bicyclic) bond motifs is 1. The number of hydrogen-bond donors (Lipinski definition) is 1. The van der Waals surface area contributed by atoms with Crippen LogP contribution in [-0.4, -0.2) is 15.8 Å². The van der Waals surface area contributed by atoms with Crippen LogP contribution in [0.1, 0.15) is 15.9 Å². The predicted molar refractivity (Wildman–Crippen MR) is 107 cm³/mol. The van der Waals surface area contributed by atoms with E-state index in [0.29, 0.717) is 16.0 Å². The highest BCUT2D eigenvalue weighted by atomic mass is 32.2. The molecule has 0 bridgehead atoms. The van der Waals surface area contributed by atoms with Crippen molar-refractivity contribution in [1.29, 1.82) is 0 Å². The van der Waals surface area contributed by atoms with E-state index in [1.54, 1.807) is 24.5 Å². The minimum absolute atomic E-state index is 0.00530. The fourth-order valence-electron chi connectivity index (χ4n) is 2.92. The molecule has 2 aromatic carbocycles. The van der Waals surface area contributed by atoms with E-state index in [-0.39, 0.29) is 17.8 Å². The van der Waals surface area contributed by atoms with Crippen LogP contribution in [0.15, 0.2) is 93.8 Å². The van der Waals surface area contributed by atoms with E-state index >= 15 is 0 Å². The SMILES string of the molecule is O=C(Cc1ccc2c(=O)[nH]ccc2c1)c1cccnc1Sc1ccccc1. The van der Waals surface area contributed by atoms with Gasteiger partial charge in [-0.1, -0.05) is 42.1 Å². The minimum Gasteiger partial charge on any atom is -0.329 e. The van der Waals surface area contributed by atoms with Crippen LogP contribution in [0.2, 0.25) is 0 Å². The summed E-state index contributed by atoms with van der Waals surface area (Å²) in [6, 6.07) is 20.8. The normalized spacial score (nSPS) is 10.8. The van der Waals surface area contributed by atoms with Crippen molar-refractivity contribution in [2.24, 2.45) is 0 Å². The van der Waals surface area contributed by atoms with E-state index in [2.05, 4.69) is 9.97 Å². The van der Waals surface area contributed by atoms with Gasteiger partial charge in [0.15, 0.2) is 5.78 Å². The van der Waals surface area contributed by atoms with Crippen molar-refractivity contribution in [2.75, 3.05) is 0 Å². The molecule has 27 heavy (non-hydrogen) atoms. The summed E-state index contributed by atoms with van der Waals surface area (Å²) in [5.74, 6) is 0.00530. The fraction of sp³-hybridized carbons (Fsp3) is 0.0455. The molecular weight excluding hydrogens is 356 g/mol. The molecule has 0 unspecified atom stereocenters. The maximum absolute atomic E-state index is 12.9. The second kappa shape index (κ2) is 7.60. The Kier molecular flexibility index (Phi) is 4.85. The Morgan fingerprint density at radius 2 is 1.85 bits per heavy atom. The maximum atomic E-state index is 12.9. The second-order valence-corrected chi connectivity index (χ2v) is 7.16. The molecule has 0 saturated carbocycles. The monoisotopic (exact) mass is 372 g/mol. The Morgan fingerprint density at radius 1 is 1.00 bits per heavy atom. The van der Waals surface area contributed by atoms with Crippen molar-refractivity contribution in [3.63, 3.8) is 0 Å². The molecule has 5 heteroatoms. The van der Waals surface area contributed by atoms with Gasteiger partial charge in [-0.15, -0.1) is 0 Å². The van der Waals surface area contributed by atoms with Gasteiger partial charge < -0.3 is 4.98 Å². The number of hydrogen-bond acceptors (Lipinski definition) is 4. The van der Waals surface area contributed by atoms with Crippen LogP contribution in [0.4, 0.5) is 0 Å². The Hall–Kier alpha value is -3.18. The highest BCUT2D eigenvalue weighted by Crippen LogP contribution is 2.29. The first-order valence-corrected chi connectivity index (χ1v) is 9.34. The number of rotatable bonds is 5. The molecule has 0 atom stereocenters. The van der Waals surface area contributed by atoms with Gasteiger partial charge >= 0.3 is 0 Å². The first-order valence-electron chi connectivity index (χ1n) is 8.52. The smallest absolute Gasteiger partial charge is 0.255 e. The summed E-state index contributed by atoms with van der Waals surface area (Å²) in [4.78, 5) is 32.8. The fourth-order valence-corrected chi connectivity index (χ4v) is 3.84. The zero-order valence-corrected chi connectivity index (χ0v) is 15.2. The summed E-state index contributed by atoms with van der Waals surface area (Å²) >= 11 is 1.48. The maximum Gasteiger partial charge on any atom is 0.255 e. The van der Waals surface area contributed by atoms with Crippen molar-refractivity contribution in [3.05, 3.63) is 101 Å². The van der Waals surface area contributed by atoms with E-state index < -0.39 is 0 Å². The van der Waals surface area contributed by atoms with Gasteiger partial charge in [-0.3, -0.25) is 9.59 Å². The van der Waals surface area contributed by atoms with Gasteiger partial charge in [-0.2, -0.15) is 0 Å². The largest absolute Gasteiger partial charge is 0.329 e. The summed E-state index contributed by atoms with van der Waals surface area (Å²) in [6.07, 6.45) is 3.58. The molecule has 1 N–H and O–H groups in total. The quantitative estimate of drug-likeness (QED) is 0.524. The summed E-state index contributed by atoms with van der Waals surface area (Å²) in [6.45, 7) is 0. The third kappa shape index (κ3) is 3.83. The molecule has 4 rings (SSSR count). The van der Waals surface area contributed by atoms with E-state index in [0.717, 1.165) is 15.8 Å². The van der Waals surface area contributed by atoms with Gasteiger partial charge in [0.25, 0.3) is 5.56 Å². The molecule has 132 valence electrons. The Balaban J connectivity index is 1.61. The third-order valence-electron chi connectivity index (χ3n) is 4.23. The van der Waals surface area contributed by atoms with Crippen LogP contribution < -0.4 is 5.56 Å². The Morgan fingerprint density at radius 3 is 2.70 bits per heavy atom. The summed E-state index contributed by atoms with van der Waals surface area (Å²) in [7, 11) is 0. The summed E-state index contributed by atoms with van der Waals surface area (Å²) in [5.41, 5.74) is 1.36. The molecule has 0 amide bonds. The number of carbonyl (C=O) groups excluding carboxylic acids is 1. The Labute approximate surface area is 160 Å². The molecule has 0 saturated heterocycles. The predicted octanol–water partition coefficient (Wildman–Crippen LogP) is 4.50. The number of nitrogens with one attached hydrogen (secondary N) is 1. The van der Waals surface area contributed by atoms with E-state index in [4.69, 9.17) is 0 Å². The van der Waals surface area contributed by atoms with Crippen molar-refractivity contribution in [3.8, 4) is 0 Å². The Bertz CT molecular complexity index is 1170. The average Bonchev–Trinajstić information content (AvgIpc) is 2.69. The molecule has 0 fully saturated rings.